The van der Waals surface area contributed by atoms with Gasteiger partial charge in [0.2, 0.25) is 0 Å². The van der Waals surface area contributed by atoms with Gasteiger partial charge in [-0.3, -0.25) is 0 Å². The third kappa shape index (κ3) is 1.52. The topological polar surface area (TPSA) is 20.2 Å². The van der Waals surface area contributed by atoms with E-state index >= 15 is 0 Å². The van der Waals surface area contributed by atoms with Crippen molar-refractivity contribution in [1.29, 1.82) is 0 Å². The summed E-state index contributed by atoms with van der Waals surface area (Å²) < 4.78 is 24.3. The van der Waals surface area contributed by atoms with Gasteiger partial charge in [-0.05, 0) is 12.2 Å². The largest absolute Gasteiger partial charge is 0.512 e. The summed E-state index contributed by atoms with van der Waals surface area (Å²) in [6, 6.07) is 0. The van der Waals surface area contributed by atoms with Gasteiger partial charge in [-0.15, -0.1) is 0 Å². The average Bonchev–Trinajstić information content (AvgIpc) is 1.60. The number of allylic oxidation sites excluding steroid dienone is 4. The van der Waals surface area contributed by atoms with Gasteiger partial charge in [-0.1, -0.05) is 6.08 Å². The fourth-order valence-electron chi connectivity index (χ4n) is 0.659. The monoisotopic (exact) mass is 132 g/mol. The summed E-state index contributed by atoms with van der Waals surface area (Å²) in [7, 11) is 0. The van der Waals surface area contributed by atoms with E-state index in [0.717, 1.165) is 12.2 Å². The van der Waals surface area contributed by atoms with E-state index in [2.05, 4.69) is 0 Å². The highest BCUT2D eigenvalue weighted by molar-refractivity contribution is 5.18. The van der Waals surface area contributed by atoms with Crippen molar-refractivity contribution in [3.05, 3.63) is 24.0 Å². The first-order chi connectivity index (χ1) is 4.10. The number of rotatable bonds is 0. The second-order valence-corrected chi connectivity index (χ2v) is 1.95. The molecule has 0 bridgehead atoms. The van der Waals surface area contributed by atoms with Gasteiger partial charge in [0, 0.05) is 0 Å². The van der Waals surface area contributed by atoms with Crippen LogP contribution in [0.2, 0.25) is 0 Å². The van der Waals surface area contributed by atoms with Gasteiger partial charge in [0.05, 0.1) is 12.2 Å². The van der Waals surface area contributed by atoms with Crippen LogP contribution in [0, 0.1) is 0 Å². The fraction of sp³-hybridized carbons (Fsp3) is 0.333. The van der Waals surface area contributed by atoms with Gasteiger partial charge in [0.15, 0.2) is 0 Å². The van der Waals surface area contributed by atoms with Gasteiger partial charge in [0.1, 0.15) is 0 Å². The zero-order valence-electron chi connectivity index (χ0n) is 4.64. The first kappa shape index (κ1) is 6.26. The highest BCUT2D eigenvalue weighted by Crippen LogP contribution is 2.26. The summed E-state index contributed by atoms with van der Waals surface area (Å²) in [5.74, 6) is -3.11. The molecule has 0 aromatic carbocycles. The molecule has 1 nitrogen and oxygen atoms in total. The quantitative estimate of drug-likeness (QED) is 0.534. The van der Waals surface area contributed by atoms with Crippen LogP contribution in [0.1, 0.15) is 6.42 Å². The molecule has 1 aliphatic rings. The lowest BCUT2D eigenvalue weighted by atomic mass is 10.1. The highest BCUT2D eigenvalue weighted by atomic mass is 19.3. The molecule has 0 atom stereocenters. The third-order valence-corrected chi connectivity index (χ3v) is 1.05. The van der Waals surface area contributed by atoms with Crippen molar-refractivity contribution in [2.24, 2.45) is 0 Å². The van der Waals surface area contributed by atoms with Gasteiger partial charge in [-0.2, -0.15) is 0 Å². The van der Waals surface area contributed by atoms with E-state index in [1.165, 1.54) is 6.08 Å². The van der Waals surface area contributed by atoms with Crippen molar-refractivity contribution in [3.8, 4) is 0 Å². The molecule has 0 spiro atoms. The zero-order valence-corrected chi connectivity index (χ0v) is 4.64. The first-order valence-electron chi connectivity index (χ1n) is 2.55. The highest BCUT2D eigenvalue weighted by Gasteiger charge is 2.28. The number of hydrogen-bond donors (Lipinski definition) is 1. The van der Waals surface area contributed by atoms with E-state index in [1.54, 1.807) is 0 Å². The molecule has 9 heavy (non-hydrogen) atoms. The fourth-order valence-corrected chi connectivity index (χ4v) is 0.659. The van der Waals surface area contributed by atoms with Gasteiger partial charge in [0.25, 0.3) is 5.92 Å². The number of hydrogen-bond acceptors (Lipinski definition) is 1. The lowest BCUT2D eigenvalue weighted by Gasteiger charge is -2.12. The smallest absolute Gasteiger partial charge is 0.273 e. The van der Waals surface area contributed by atoms with Crippen molar-refractivity contribution in [3.63, 3.8) is 0 Å². The molecule has 1 aliphatic carbocycles. The Balaban J connectivity index is 2.73. The van der Waals surface area contributed by atoms with Crippen LogP contribution in [0.15, 0.2) is 24.0 Å². The number of aliphatic hydroxyl groups is 1. The minimum Gasteiger partial charge on any atom is -0.512 e. The van der Waals surface area contributed by atoms with Crippen LogP contribution in [0.3, 0.4) is 0 Å². The summed E-state index contributed by atoms with van der Waals surface area (Å²) >= 11 is 0. The van der Waals surface area contributed by atoms with E-state index in [1.807, 2.05) is 0 Å². The Labute approximate surface area is 51.3 Å². The molecule has 0 heterocycles. The summed E-state index contributed by atoms with van der Waals surface area (Å²) in [6.45, 7) is 0. The average molecular weight is 132 g/mol. The predicted octanol–water partition coefficient (Wildman–Crippen LogP) is 2.02. The van der Waals surface area contributed by atoms with Crippen molar-refractivity contribution in [2.75, 3.05) is 0 Å². The van der Waals surface area contributed by atoms with Crippen molar-refractivity contribution in [2.45, 2.75) is 12.3 Å². The summed E-state index contributed by atoms with van der Waals surface area (Å²) in [5.41, 5.74) is 0. The molecule has 50 valence electrons. The Kier molecular flexibility index (Phi) is 1.27. The molecule has 1 N–H and O–H groups in total. The normalized spacial score (nSPS) is 23.6. The van der Waals surface area contributed by atoms with E-state index < -0.39 is 12.3 Å². The van der Waals surface area contributed by atoms with E-state index in [9.17, 15) is 8.78 Å². The Bertz CT molecular complexity index is 170. The maximum absolute atomic E-state index is 12.2. The Morgan fingerprint density at radius 1 is 1.56 bits per heavy atom. The zero-order chi connectivity index (χ0) is 6.91. The SMILES string of the molecule is OC1=CC=CC(F)(F)C1. The van der Waals surface area contributed by atoms with Crippen molar-refractivity contribution >= 4 is 0 Å². The van der Waals surface area contributed by atoms with E-state index in [0.29, 0.717) is 0 Å². The van der Waals surface area contributed by atoms with Crippen LogP contribution in [0.5, 0.6) is 0 Å². The van der Waals surface area contributed by atoms with Crippen LogP contribution in [0.25, 0.3) is 0 Å². The lowest BCUT2D eigenvalue weighted by molar-refractivity contribution is 0.0426. The molecule has 0 amide bonds. The molecular weight excluding hydrogens is 126 g/mol. The maximum Gasteiger partial charge on any atom is 0.273 e. The molecular formula is C6H6F2O. The van der Waals surface area contributed by atoms with Gasteiger partial charge in [-0.25, -0.2) is 8.78 Å². The van der Waals surface area contributed by atoms with Crippen LogP contribution >= 0.6 is 0 Å². The van der Waals surface area contributed by atoms with Crippen LogP contribution in [-0.4, -0.2) is 11.0 Å². The second kappa shape index (κ2) is 1.83. The molecule has 0 aliphatic heterocycles. The Hall–Kier alpha value is -0.860. The molecule has 0 fully saturated rings. The van der Waals surface area contributed by atoms with Gasteiger partial charge >= 0.3 is 0 Å². The molecule has 0 unspecified atom stereocenters. The summed E-state index contributed by atoms with van der Waals surface area (Å²) in [6.07, 6.45) is 2.62. The second-order valence-electron chi connectivity index (χ2n) is 1.95. The van der Waals surface area contributed by atoms with Crippen LogP contribution in [-0.2, 0) is 0 Å². The standard InChI is InChI=1S/C6H6F2O/c7-6(8)3-1-2-5(9)4-6/h1-3,9H,4H2. The van der Waals surface area contributed by atoms with E-state index in [4.69, 9.17) is 5.11 Å². The van der Waals surface area contributed by atoms with Crippen LogP contribution in [0.4, 0.5) is 8.78 Å². The lowest BCUT2D eigenvalue weighted by Crippen LogP contribution is -2.14. The molecule has 0 saturated carbocycles. The van der Waals surface area contributed by atoms with Crippen LogP contribution < -0.4 is 0 Å². The minimum absolute atomic E-state index is 0.262. The van der Waals surface area contributed by atoms with Crippen molar-refractivity contribution in [1.82, 2.24) is 0 Å². The first-order valence-corrected chi connectivity index (χ1v) is 2.55. The predicted molar refractivity (Wildman–Crippen MR) is 29.4 cm³/mol. The molecule has 0 aromatic rings. The minimum atomic E-state index is -2.85. The van der Waals surface area contributed by atoms with Gasteiger partial charge < -0.3 is 5.11 Å². The summed E-state index contributed by atoms with van der Waals surface area (Å²) in [5, 5.41) is 8.57. The molecule has 0 radical (unpaired) electrons. The van der Waals surface area contributed by atoms with Crippen molar-refractivity contribution < 1.29 is 13.9 Å². The summed E-state index contributed by atoms with van der Waals surface area (Å²) in [4.78, 5) is 0. The molecule has 3 heteroatoms. The number of aliphatic hydroxyl groups excluding tert-OH is 1. The molecule has 1 rings (SSSR count). The molecule has 0 aromatic heterocycles. The Morgan fingerprint density at radius 2 is 2.22 bits per heavy atom. The van der Waals surface area contributed by atoms with E-state index in [-0.39, 0.29) is 5.76 Å². The number of alkyl halides is 2. The molecule has 0 saturated heterocycles. The number of halogens is 2. The Morgan fingerprint density at radius 3 is 2.56 bits per heavy atom. The third-order valence-electron chi connectivity index (χ3n) is 1.05. The maximum atomic E-state index is 12.2.